The standard InChI is InChI=1S/C19H15N3O2/c1-23-11-6-7-16-13(8-11)15(10-22-16)18-12-4-2-3-5-17(12)24-19(21)14(18)9-20/h2-8,10,18,22H,21H2,1H3. The number of fused-ring (bicyclic) bond motifs is 2. The van der Waals surface area contributed by atoms with E-state index < -0.39 is 0 Å². The van der Waals surface area contributed by atoms with E-state index in [1.54, 1.807) is 7.11 Å². The van der Waals surface area contributed by atoms with Crippen molar-refractivity contribution in [1.82, 2.24) is 4.98 Å². The molecular weight excluding hydrogens is 302 g/mol. The molecule has 1 unspecified atom stereocenters. The number of H-pyrrole nitrogens is 1. The zero-order valence-corrected chi connectivity index (χ0v) is 13.0. The van der Waals surface area contributed by atoms with Gasteiger partial charge in [-0.15, -0.1) is 0 Å². The molecular formula is C19H15N3O2. The number of aromatic nitrogens is 1. The summed E-state index contributed by atoms with van der Waals surface area (Å²) in [6, 6.07) is 15.7. The molecule has 2 heterocycles. The Morgan fingerprint density at radius 1 is 1.21 bits per heavy atom. The molecule has 118 valence electrons. The average molecular weight is 317 g/mol. The molecule has 1 aromatic heterocycles. The fourth-order valence-electron chi connectivity index (χ4n) is 3.21. The van der Waals surface area contributed by atoms with Crippen LogP contribution in [-0.2, 0) is 0 Å². The number of nitriles is 1. The summed E-state index contributed by atoms with van der Waals surface area (Å²) in [6.45, 7) is 0. The second-order valence-corrected chi connectivity index (χ2v) is 5.62. The number of allylic oxidation sites excluding steroid dienone is 1. The van der Waals surface area contributed by atoms with Gasteiger partial charge in [0.1, 0.15) is 23.1 Å². The fourth-order valence-corrected chi connectivity index (χ4v) is 3.21. The molecule has 5 nitrogen and oxygen atoms in total. The van der Waals surface area contributed by atoms with Crippen molar-refractivity contribution in [3.8, 4) is 17.6 Å². The zero-order valence-electron chi connectivity index (χ0n) is 13.0. The molecule has 1 aliphatic rings. The van der Waals surface area contributed by atoms with Gasteiger partial charge in [0.05, 0.1) is 13.0 Å². The Morgan fingerprint density at radius 3 is 2.83 bits per heavy atom. The molecule has 0 spiro atoms. The molecule has 0 amide bonds. The quantitative estimate of drug-likeness (QED) is 0.758. The Labute approximate surface area is 138 Å². The molecule has 0 radical (unpaired) electrons. The first-order valence-electron chi connectivity index (χ1n) is 7.54. The zero-order chi connectivity index (χ0) is 16.7. The summed E-state index contributed by atoms with van der Waals surface area (Å²) < 4.78 is 11.0. The highest BCUT2D eigenvalue weighted by Crippen LogP contribution is 2.44. The summed E-state index contributed by atoms with van der Waals surface area (Å²) in [5.74, 6) is 1.31. The van der Waals surface area contributed by atoms with Gasteiger partial charge in [0.15, 0.2) is 0 Å². The summed E-state index contributed by atoms with van der Waals surface area (Å²) in [7, 11) is 1.63. The molecule has 1 aliphatic heterocycles. The average Bonchev–Trinajstić information content (AvgIpc) is 3.03. The minimum absolute atomic E-state index is 0.151. The van der Waals surface area contributed by atoms with E-state index >= 15 is 0 Å². The van der Waals surface area contributed by atoms with E-state index in [1.807, 2.05) is 48.7 Å². The second-order valence-electron chi connectivity index (χ2n) is 5.62. The Kier molecular flexibility index (Phi) is 3.17. The van der Waals surface area contributed by atoms with Gasteiger partial charge in [-0.05, 0) is 29.8 Å². The Hall–Kier alpha value is -3.39. The molecule has 5 heteroatoms. The first-order chi connectivity index (χ1) is 11.7. The van der Waals surface area contributed by atoms with Crippen molar-refractivity contribution < 1.29 is 9.47 Å². The monoisotopic (exact) mass is 317 g/mol. The number of nitrogens with two attached hydrogens (primary N) is 1. The Bertz CT molecular complexity index is 1010. The topological polar surface area (TPSA) is 84.1 Å². The first kappa shape index (κ1) is 14.2. The number of hydrogen-bond acceptors (Lipinski definition) is 4. The van der Waals surface area contributed by atoms with E-state index in [-0.39, 0.29) is 11.8 Å². The van der Waals surface area contributed by atoms with Crippen LogP contribution in [0.1, 0.15) is 17.0 Å². The van der Waals surface area contributed by atoms with Crippen molar-refractivity contribution in [3.63, 3.8) is 0 Å². The van der Waals surface area contributed by atoms with Crippen LogP contribution >= 0.6 is 0 Å². The van der Waals surface area contributed by atoms with Crippen molar-refractivity contribution in [2.75, 3.05) is 7.11 Å². The third-order valence-corrected chi connectivity index (χ3v) is 4.36. The third-order valence-electron chi connectivity index (χ3n) is 4.36. The van der Waals surface area contributed by atoms with Crippen LogP contribution in [0.3, 0.4) is 0 Å². The summed E-state index contributed by atoms with van der Waals surface area (Å²) in [4.78, 5) is 3.26. The van der Waals surface area contributed by atoms with E-state index in [9.17, 15) is 5.26 Å². The van der Waals surface area contributed by atoms with Crippen LogP contribution < -0.4 is 15.2 Å². The second kappa shape index (κ2) is 5.36. The van der Waals surface area contributed by atoms with Crippen LogP contribution in [0.2, 0.25) is 0 Å². The number of hydrogen-bond donors (Lipinski definition) is 2. The number of ether oxygens (including phenoxy) is 2. The van der Waals surface area contributed by atoms with Gasteiger partial charge < -0.3 is 20.2 Å². The minimum atomic E-state index is -0.277. The maximum absolute atomic E-state index is 9.63. The molecule has 24 heavy (non-hydrogen) atoms. The lowest BCUT2D eigenvalue weighted by atomic mass is 9.83. The number of benzene rings is 2. The highest BCUT2D eigenvalue weighted by Gasteiger charge is 2.31. The van der Waals surface area contributed by atoms with Crippen molar-refractivity contribution in [1.29, 1.82) is 5.26 Å². The number of aromatic amines is 1. The van der Waals surface area contributed by atoms with Gasteiger partial charge in [0.2, 0.25) is 5.88 Å². The van der Waals surface area contributed by atoms with E-state index in [2.05, 4.69) is 11.1 Å². The molecule has 3 aromatic rings. The van der Waals surface area contributed by atoms with Crippen LogP contribution in [0.15, 0.2) is 60.1 Å². The summed E-state index contributed by atoms with van der Waals surface area (Å²) >= 11 is 0. The smallest absolute Gasteiger partial charge is 0.205 e. The normalized spacial score (nSPS) is 16.4. The van der Waals surface area contributed by atoms with Crippen LogP contribution in [0.5, 0.6) is 11.5 Å². The van der Waals surface area contributed by atoms with E-state index in [4.69, 9.17) is 15.2 Å². The molecule has 0 saturated carbocycles. The van der Waals surface area contributed by atoms with Crippen molar-refractivity contribution in [3.05, 3.63) is 71.2 Å². The molecule has 0 saturated heterocycles. The van der Waals surface area contributed by atoms with Gasteiger partial charge in [-0.25, -0.2) is 0 Å². The maximum Gasteiger partial charge on any atom is 0.205 e. The van der Waals surface area contributed by atoms with Gasteiger partial charge >= 0.3 is 0 Å². The molecule has 0 fully saturated rings. The maximum atomic E-state index is 9.63. The van der Waals surface area contributed by atoms with Gasteiger partial charge in [0, 0.05) is 22.7 Å². The van der Waals surface area contributed by atoms with Gasteiger partial charge in [-0.1, -0.05) is 18.2 Å². The van der Waals surface area contributed by atoms with Crippen LogP contribution in [0.4, 0.5) is 0 Å². The van der Waals surface area contributed by atoms with Crippen molar-refractivity contribution in [2.24, 2.45) is 5.73 Å². The SMILES string of the molecule is COc1ccc2[nH]cc(C3C(C#N)=C(N)Oc4ccccc43)c2c1. The van der Waals surface area contributed by atoms with Crippen molar-refractivity contribution in [2.45, 2.75) is 5.92 Å². The minimum Gasteiger partial charge on any atom is -0.497 e. The summed E-state index contributed by atoms with van der Waals surface area (Å²) in [6.07, 6.45) is 1.92. The number of nitrogens with one attached hydrogen (secondary N) is 1. The summed E-state index contributed by atoms with van der Waals surface area (Å²) in [5.41, 5.74) is 9.29. The number of methoxy groups -OCH3 is 1. The lowest BCUT2D eigenvalue weighted by Gasteiger charge is -2.25. The van der Waals surface area contributed by atoms with Gasteiger partial charge in [-0.3, -0.25) is 0 Å². The Balaban J connectivity index is 1.99. The largest absolute Gasteiger partial charge is 0.497 e. The number of rotatable bonds is 2. The van der Waals surface area contributed by atoms with E-state index in [0.717, 1.165) is 27.8 Å². The molecule has 0 aliphatic carbocycles. The van der Waals surface area contributed by atoms with Gasteiger partial charge in [0.25, 0.3) is 0 Å². The third kappa shape index (κ3) is 2.01. The van der Waals surface area contributed by atoms with E-state index in [1.165, 1.54) is 0 Å². The molecule has 3 N–H and O–H groups in total. The summed E-state index contributed by atoms with van der Waals surface area (Å²) in [5, 5.41) is 10.6. The predicted molar refractivity (Wildman–Crippen MR) is 90.6 cm³/mol. The highest BCUT2D eigenvalue weighted by atomic mass is 16.5. The molecule has 1 atom stereocenters. The van der Waals surface area contributed by atoms with Crippen LogP contribution in [0, 0.1) is 11.3 Å². The predicted octanol–water partition coefficient (Wildman–Crippen LogP) is 3.39. The van der Waals surface area contributed by atoms with Crippen molar-refractivity contribution >= 4 is 10.9 Å². The van der Waals surface area contributed by atoms with E-state index in [0.29, 0.717) is 11.3 Å². The lowest BCUT2D eigenvalue weighted by molar-refractivity contribution is 0.394. The first-order valence-corrected chi connectivity index (χ1v) is 7.54. The Morgan fingerprint density at radius 2 is 2.04 bits per heavy atom. The lowest BCUT2D eigenvalue weighted by Crippen LogP contribution is -2.20. The number of para-hydroxylation sites is 1. The molecule has 4 rings (SSSR count). The number of nitrogens with zero attached hydrogens (tertiary/aromatic N) is 1. The van der Waals surface area contributed by atoms with Crippen LogP contribution in [-0.4, -0.2) is 12.1 Å². The van der Waals surface area contributed by atoms with Gasteiger partial charge in [-0.2, -0.15) is 5.26 Å². The van der Waals surface area contributed by atoms with Crippen LogP contribution in [0.25, 0.3) is 10.9 Å². The fraction of sp³-hybridized carbons (Fsp3) is 0.105. The molecule has 0 bridgehead atoms. The molecule has 2 aromatic carbocycles. The highest BCUT2D eigenvalue weighted by molar-refractivity contribution is 5.86.